The van der Waals surface area contributed by atoms with Gasteiger partial charge in [0.15, 0.2) is 17.3 Å². The maximum absolute atomic E-state index is 6.07. The van der Waals surface area contributed by atoms with Crippen molar-refractivity contribution in [2.45, 2.75) is 6.92 Å². The summed E-state index contributed by atoms with van der Waals surface area (Å²) < 4.78 is 17.1. The van der Waals surface area contributed by atoms with Crippen LogP contribution in [0.5, 0.6) is 23.1 Å². The number of aromatic nitrogens is 3. The number of hydrogen-bond donors (Lipinski definition) is 2. The van der Waals surface area contributed by atoms with Gasteiger partial charge in [0.05, 0.1) is 14.2 Å². The average Bonchev–Trinajstić information content (AvgIpc) is 3.13. The van der Waals surface area contributed by atoms with Crippen molar-refractivity contribution < 1.29 is 14.2 Å². The Labute approximate surface area is 172 Å². The van der Waals surface area contributed by atoms with E-state index < -0.39 is 0 Å². The molecule has 2 N–H and O–H groups in total. The van der Waals surface area contributed by atoms with Crippen molar-refractivity contribution in [3.8, 4) is 23.1 Å². The number of pyridine rings is 1. The topological polar surface area (TPSA) is 81.3 Å². The normalized spacial score (nSPS) is 10.8. The lowest BCUT2D eigenvalue weighted by molar-refractivity contribution is 0.358. The quantitative estimate of drug-likeness (QED) is 0.438. The van der Waals surface area contributed by atoms with E-state index in [1.165, 1.54) is 0 Å². The van der Waals surface area contributed by atoms with Crippen molar-refractivity contribution in [3.05, 3.63) is 59.2 Å². The van der Waals surface area contributed by atoms with Crippen LogP contribution in [0.15, 0.2) is 48.5 Å². The molecule has 0 aliphatic rings. The molecule has 0 aliphatic carbocycles. The average molecular weight is 411 g/mol. The summed E-state index contributed by atoms with van der Waals surface area (Å²) in [5.41, 5.74) is 0.935. The maximum atomic E-state index is 6.07. The van der Waals surface area contributed by atoms with Gasteiger partial charge >= 0.3 is 0 Å². The van der Waals surface area contributed by atoms with Crippen LogP contribution >= 0.6 is 11.6 Å². The fourth-order valence-electron chi connectivity index (χ4n) is 2.99. The van der Waals surface area contributed by atoms with Gasteiger partial charge in [-0.15, -0.1) is 0 Å². The van der Waals surface area contributed by atoms with Crippen molar-refractivity contribution in [3.63, 3.8) is 0 Å². The number of fused-ring (bicyclic) bond motifs is 1. The molecule has 4 aromatic rings. The maximum Gasteiger partial charge on any atom is 0.229 e. The summed E-state index contributed by atoms with van der Waals surface area (Å²) in [5.74, 6) is 3.44. The number of ether oxygens (including phenoxy) is 3. The van der Waals surface area contributed by atoms with Crippen LogP contribution in [0.2, 0.25) is 5.02 Å². The number of nitrogens with zero attached hydrogens (tertiary/aromatic N) is 2. The van der Waals surface area contributed by atoms with Gasteiger partial charge < -0.3 is 19.5 Å². The van der Waals surface area contributed by atoms with Gasteiger partial charge in [-0.2, -0.15) is 10.1 Å². The molecule has 4 rings (SSSR count). The molecule has 0 radical (unpaired) electrons. The van der Waals surface area contributed by atoms with Gasteiger partial charge in [-0.25, -0.2) is 0 Å². The molecule has 0 unspecified atom stereocenters. The first-order valence-corrected chi connectivity index (χ1v) is 9.23. The smallest absolute Gasteiger partial charge is 0.229 e. The van der Waals surface area contributed by atoms with Gasteiger partial charge in [-0.05, 0) is 49.4 Å². The van der Waals surface area contributed by atoms with Crippen LogP contribution in [0.4, 0.5) is 11.6 Å². The molecule has 0 bridgehead atoms. The minimum Gasteiger partial charge on any atom is -0.493 e. The Balaban J connectivity index is 1.85. The first-order valence-electron chi connectivity index (χ1n) is 8.85. The number of hydrogen-bond acceptors (Lipinski definition) is 6. The number of anilines is 2. The molecule has 2 aromatic heterocycles. The Morgan fingerprint density at radius 2 is 1.72 bits per heavy atom. The summed E-state index contributed by atoms with van der Waals surface area (Å²) in [5, 5.41) is 12.5. The molecule has 0 saturated carbocycles. The third-order valence-corrected chi connectivity index (χ3v) is 4.56. The number of nitrogens with one attached hydrogen (secondary N) is 2. The molecule has 0 aliphatic heterocycles. The number of aryl methyl sites for hydroxylation is 1. The van der Waals surface area contributed by atoms with E-state index in [0.29, 0.717) is 39.8 Å². The molecule has 0 saturated heterocycles. The first-order chi connectivity index (χ1) is 14.1. The van der Waals surface area contributed by atoms with Crippen LogP contribution in [0.25, 0.3) is 10.8 Å². The molecule has 7 nitrogen and oxygen atoms in total. The molecule has 0 amide bonds. The highest BCUT2D eigenvalue weighted by atomic mass is 35.5. The molecule has 29 heavy (non-hydrogen) atoms. The number of benzene rings is 2. The van der Waals surface area contributed by atoms with Gasteiger partial charge in [0, 0.05) is 27.6 Å². The van der Waals surface area contributed by atoms with Crippen molar-refractivity contribution >= 4 is 34.0 Å². The fraction of sp³-hybridized carbons (Fsp3) is 0.143. The number of H-pyrrole nitrogens is 1. The number of aromatic amines is 1. The van der Waals surface area contributed by atoms with Crippen molar-refractivity contribution in [2.75, 3.05) is 19.5 Å². The second-order valence-corrected chi connectivity index (χ2v) is 6.76. The van der Waals surface area contributed by atoms with Crippen molar-refractivity contribution in [1.82, 2.24) is 15.2 Å². The monoisotopic (exact) mass is 410 g/mol. The van der Waals surface area contributed by atoms with Gasteiger partial charge in [0.25, 0.3) is 0 Å². The number of rotatable bonds is 6. The molecular formula is C21H19ClN4O3. The van der Waals surface area contributed by atoms with E-state index in [4.69, 9.17) is 25.8 Å². The fourth-order valence-corrected chi connectivity index (χ4v) is 3.11. The van der Waals surface area contributed by atoms with E-state index in [1.54, 1.807) is 38.5 Å². The van der Waals surface area contributed by atoms with Gasteiger partial charge in [-0.3, -0.25) is 5.10 Å². The van der Waals surface area contributed by atoms with Crippen molar-refractivity contribution in [2.24, 2.45) is 0 Å². The standard InChI is InChI=1S/C21H19ClN4O3/c1-12-10-19(26-25-12)23-18-11-16-15(8-9-17(27-2)20(16)28-3)21(24-18)29-14-6-4-13(22)5-7-14/h4-11H,1-3H3,(H2,23,24,25,26). The molecule has 148 valence electrons. The second-order valence-electron chi connectivity index (χ2n) is 6.33. The van der Waals surface area contributed by atoms with E-state index >= 15 is 0 Å². The molecule has 8 heteroatoms. The van der Waals surface area contributed by atoms with Crippen LogP contribution in [-0.2, 0) is 0 Å². The number of methoxy groups -OCH3 is 2. The minimum atomic E-state index is 0.417. The first kappa shape index (κ1) is 18.9. The van der Waals surface area contributed by atoms with Crippen LogP contribution in [0.1, 0.15) is 5.69 Å². The molecule has 0 atom stereocenters. The summed E-state index contributed by atoms with van der Waals surface area (Å²) in [4.78, 5) is 4.64. The zero-order valence-corrected chi connectivity index (χ0v) is 16.9. The van der Waals surface area contributed by atoms with E-state index in [1.807, 2.05) is 31.2 Å². The Bertz CT molecular complexity index is 1160. The summed E-state index contributed by atoms with van der Waals surface area (Å²) >= 11 is 5.98. The van der Waals surface area contributed by atoms with Crippen LogP contribution in [-0.4, -0.2) is 29.4 Å². The lowest BCUT2D eigenvalue weighted by atomic mass is 10.1. The Morgan fingerprint density at radius 3 is 2.38 bits per heavy atom. The lowest BCUT2D eigenvalue weighted by Gasteiger charge is -2.15. The van der Waals surface area contributed by atoms with E-state index in [0.717, 1.165) is 16.5 Å². The summed E-state index contributed by atoms with van der Waals surface area (Å²) in [6.07, 6.45) is 0. The van der Waals surface area contributed by atoms with Crippen molar-refractivity contribution in [1.29, 1.82) is 0 Å². The lowest BCUT2D eigenvalue weighted by Crippen LogP contribution is -1.99. The SMILES string of the molecule is COc1ccc2c(Oc3ccc(Cl)cc3)nc(Nc3cc(C)[nH]n3)cc2c1OC. The zero-order valence-electron chi connectivity index (χ0n) is 16.1. The highest BCUT2D eigenvalue weighted by molar-refractivity contribution is 6.30. The predicted octanol–water partition coefficient (Wildman–Crippen LogP) is 5.47. The molecule has 0 fully saturated rings. The van der Waals surface area contributed by atoms with E-state index in [2.05, 4.69) is 20.5 Å². The molecule has 2 aromatic carbocycles. The van der Waals surface area contributed by atoms with E-state index in [9.17, 15) is 0 Å². The molecule has 2 heterocycles. The Hall–Kier alpha value is -3.45. The third-order valence-electron chi connectivity index (χ3n) is 4.31. The summed E-state index contributed by atoms with van der Waals surface area (Å²) in [6, 6.07) is 14.6. The van der Waals surface area contributed by atoms with Gasteiger partial charge in [-0.1, -0.05) is 11.6 Å². The summed E-state index contributed by atoms with van der Waals surface area (Å²) in [6.45, 7) is 1.93. The van der Waals surface area contributed by atoms with E-state index in [-0.39, 0.29) is 0 Å². The highest BCUT2D eigenvalue weighted by Gasteiger charge is 2.16. The summed E-state index contributed by atoms with van der Waals surface area (Å²) in [7, 11) is 3.20. The zero-order chi connectivity index (χ0) is 20.4. The Morgan fingerprint density at radius 1 is 0.931 bits per heavy atom. The molecule has 0 spiro atoms. The van der Waals surface area contributed by atoms with Crippen LogP contribution < -0.4 is 19.5 Å². The molecular weight excluding hydrogens is 392 g/mol. The minimum absolute atomic E-state index is 0.417. The van der Waals surface area contributed by atoms with Gasteiger partial charge in [0.1, 0.15) is 11.6 Å². The highest BCUT2D eigenvalue weighted by Crippen LogP contribution is 2.41. The largest absolute Gasteiger partial charge is 0.493 e. The number of halogens is 1. The van der Waals surface area contributed by atoms with Crippen LogP contribution in [0, 0.1) is 6.92 Å². The third kappa shape index (κ3) is 3.90. The van der Waals surface area contributed by atoms with Crippen LogP contribution in [0.3, 0.4) is 0 Å². The van der Waals surface area contributed by atoms with Gasteiger partial charge in [0.2, 0.25) is 5.88 Å². The second kappa shape index (κ2) is 7.89. The Kier molecular flexibility index (Phi) is 5.14. The predicted molar refractivity (Wildman–Crippen MR) is 113 cm³/mol.